The highest BCUT2D eigenvalue weighted by Crippen LogP contribution is 2.21. The van der Waals surface area contributed by atoms with Crippen molar-refractivity contribution in [1.82, 2.24) is 10.3 Å². The van der Waals surface area contributed by atoms with Gasteiger partial charge < -0.3 is 15.0 Å². The van der Waals surface area contributed by atoms with Crippen molar-refractivity contribution in [2.24, 2.45) is 5.92 Å². The van der Waals surface area contributed by atoms with Crippen LogP contribution in [-0.4, -0.2) is 37.8 Å². The van der Waals surface area contributed by atoms with Gasteiger partial charge >= 0.3 is 0 Å². The summed E-state index contributed by atoms with van der Waals surface area (Å²) in [6.45, 7) is 12.4. The van der Waals surface area contributed by atoms with Crippen LogP contribution in [0.5, 0.6) is 0 Å². The van der Waals surface area contributed by atoms with E-state index in [1.807, 2.05) is 12.4 Å². The Kier molecular flexibility index (Phi) is 7.55. The molecule has 0 atom stereocenters. The summed E-state index contributed by atoms with van der Waals surface area (Å²) in [4.78, 5) is 6.64. The molecule has 20 heavy (non-hydrogen) atoms. The normalized spacial score (nSPS) is 11.3. The molecule has 1 aromatic rings. The van der Waals surface area contributed by atoms with Crippen LogP contribution in [0, 0.1) is 5.92 Å². The van der Waals surface area contributed by atoms with Gasteiger partial charge in [-0.2, -0.15) is 0 Å². The minimum Gasteiger partial charge on any atom is -0.383 e. The molecule has 0 amide bonds. The molecule has 0 radical (unpaired) electrons. The van der Waals surface area contributed by atoms with Crippen molar-refractivity contribution in [1.29, 1.82) is 0 Å². The van der Waals surface area contributed by atoms with Crippen molar-refractivity contribution in [2.45, 2.75) is 40.3 Å². The van der Waals surface area contributed by atoms with Crippen LogP contribution in [0.4, 0.5) is 5.69 Å². The van der Waals surface area contributed by atoms with Crippen molar-refractivity contribution in [2.75, 3.05) is 31.7 Å². The molecule has 0 bridgehead atoms. The lowest BCUT2D eigenvalue weighted by Gasteiger charge is -2.30. The fourth-order valence-corrected chi connectivity index (χ4v) is 2.18. The van der Waals surface area contributed by atoms with Crippen molar-refractivity contribution in [3.63, 3.8) is 0 Å². The van der Waals surface area contributed by atoms with Gasteiger partial charge in [-0.3, -0.25) is 4.98 Å². The SMILES string of the molecule is COCCN(c1ccncc1CNCC(C)C)C(C)C. The van der Waals surface area contributed by atoms with Gasteiger partial charge in [-0.05, 0) is 32.4 Å². The molecule has 4 heteroatoms. The Bertz CT molecular complexity index is 380. The highest BCUT2D eigenvalue weighted by atomic mass is 16.5. The number of methoxy groups -OCH3 is 1. The molecule has 1 rings (SSSR count). The Morgan fingerprint density at radius 2 is 2.05 bits per heavy atom. The minimum atomic E-state index is 0.441. The van der Waals surface area contributed by atoms with Crippen LogP contribution in [-0.2, 0) is 11.3 Å². The largest absolute Gasteiger partial charge is 0.383 e. The average molecular weight is 279 g/mol. The Morgan fingerprint density at radius 1 is 1.30 bits per heavy atom. The van der Waals surface area contributed by atoms with Crippen LogP contribution in [0.15, 0.2) is 18.5 Å². The maximum absolute atomic E-state index is 5.22. The molecule has 0 aromatic carbocycles. The van der Waals surface area contributed by atoms with Gasteiger partial charge in [0.1, 0.15) is 0 Å². The second-order valence-corrected chi connectivity index (χ2v) is 5.81. The minimum absolute atomic E-state index is 0.441. The highest BCUT2D eigenvalue weighted by Gasteiger charge is 2.14. The van der Waals surface area contributed by atoms with E-state index in [1.54, 1.807) is 7.11 Å². The van der Waals surface area contributed by atoms with Gasteiger partial charge in [-0.1, -0.05) is 13.8 Å². The van der Waals surface area contributed by atoms with E-state index in [0.717, 1.165) is 26.2 Å². The van der Waals surface area contributed by atoms with Gasteiger partial charge in [0.2, 0.25) is 0 Å². The third-order valence-corrected chi connectivity index (χ3v) is 3.21. The predicted molar refractivity (Wildman–Crippen MR) is 85.1 cm³/mol. The molecule has 1 heterocycles. The van der Waals surface area contributed by atoms with Gasteiger partial charge in [0, 0.05) is 49.9 Å². The summed E-state index contributed by atoms with van der Waals surface area (Å²) in [6.07, 6.45) is 3.83. The fourth-order valence-electron chi connectivity index (χ4n) is 2.18. The molecule has 0 fully saturated rings. The van der Waals surface area contributed by atoms with Crippen molar-refractivity contribution in [3.8, 4) is 0 Å². The average Bonchev–Trinajstić information content (AvgIpc) is 2.40. The van der Waals surface area contributed by atoms with E-state index in [9.17, 15) is 0 Å². The first-order chi connectivity index (χ1) is 9.56. The maximum atomic E-state index is 5.22. The zero-order valence-corrected chi connectivity index (χ0v) is 13.5. The molecule has 0 unspecified atom stereocenters. The first-order valence-electron chi connectivity index (χ1n) is 7.45. The molecule has 1 aromatic heterocycles. The van der Waals surface area contributed by atoms with Crippen LogP contribution in [0.3, 0.4) is 0 Å². The lowest BCUT2D eigenvalue weighted by atomic mass is 10.1. The number of rotatable bonds is 9. The molecule has 4 nitrogen and oxygen atoms in total. The lowest BCUT2D eigenvalue weighted by molar-refractivity contribution is 0.203. The van der Waals surface area contributed by atoms with E-state index in [2.05, 4.69) is 49.0 Å². The second-order valence-electron chi connectivity index (χ2n) is 5.81. The Labute approximate surface area is 123 Å². The molecular weight excluding hydrogens is 250 g/mol. The zero-order chi connectivity index (χ0) is 15.0. The van der Waals surface area contributed by atoms with Gasteiger partial charge in [0.15, 0.2) is 0 Å². The maximum Gasteiger partial charge on any atom is 0.0637 e. The number of nitrogens with zero attached hydrogens (tertiary/aromatic N) is 2. The number of anilines is 1. The summed E-state index contributed by atoms with van der Waals surface area (Å²) in [5, 5.41) is 3.49. The molecule has 0 spiro atoms. The van der Waals surface area contributed by atoms with Crippen LogP contribution in [0.2, 0.25) is 0 Å². The quantitative estimate of drug-likeness (QED) is 0.754. The van der Waals surface area contributed by atoms with E-state index in [0.29, 0.717) is 12.0 Å². The zero-order valence-electron chi connectivity index (χ0n) is 13.5. The van der Waals surface area contributed by atoms with Gasteiger partial charge in [-0.25, -0.2) is 0 Å². The third kappa shape index (κ3) is 5.47. The van der Waals surface area contributed by atoms with Crippen LogP contribution < -0.4 is 10.2 Å². The number of hydrogen-bond donors (Lipinski definition) is 1. The van der Waals surface area contributed by atoms with E-state index in [-0.39, 0.29) is 0 Å². The second kappa shape index (κ2) is 8.93. The summed E-state index contributed by atoms with van der Waals surface area (Å²) < 4.78 is 5.22. The molecule has 1 N–H and O–H groups in total. The topological polar surface area (TPSA) is 37.4 Å². The number of nitrogens with one attached hydrogen (secondary N) is 1. The lowest BCUT2D eigenvalue weighted by Crippen LogP contribution is -2.35. The Morgan fingerprint density at radius 3 is 2.65 bits per heavy atom. The summed E-state index contributed by atoms with van der Waals surface area (Å²) in [5.74, 6) is 0.657. The molecular formula is C16H29N3O. The van der Waals surface area contributed by atoms with E-state index >= 15 is 0 Å². The smallest absolute Gasteiger partial charge is 0.0637 e. The van der Waals surface area contributed by atoms with Gasteiger partial charge in [-0.15, -0.1) is 0 Å². The molecule has 0 aliphatic heterocycles. The number of aromatic nitrogens is 1. The molecule has 0 aliphatic rings. The first-order valence-corrected chi connectivity index (χ1v) is 7.45. The Hall–Kier alpha value is -1.13. The standard InChI is InChI=1S/C16H29N3O/c1-13(2)10-18-12-15-11-17-7-6-16(15)19(14(3)4)8-9-20-5/h6-7,11,13-14,18H,8-10,12H2,1-5H3. The third-order valence-electron chi connectivity index (χ3n) is 3.21. The van der Waals surface area contributed by atoms with E-state index < -0.39 is 0 Å². The number of ether oxygens (including phenoxy) is 1. The monoisotopic (exact) mass is 279 g/mol. The van der Waals surface area contributed by atoms with Gasteiger partial charge in [0.05, 0.1) is 6.61 Å². The summed E-state index contributed by atoms with van der Waals surface area (Å²) in [7, 11) is 1.75. The van der Waals surface area contributed by atoms with Crippen molar-refractivity contribution >= 4 is 5.69 Å². The number of pyridine rings is 1. The highest BCUT2D eigenvalue weighted by molar-refractivity contribution is 5.52. The summed E-state index contributed by atoms with van der Waals surface area (Å²) in [6, 6.07) is 2.54. The van der Waals surface area contributed by atoms with Crippen LogP contribution in [0.1, 0.15) is 33.3 Å². The first kappa shape index (κ1) is 16.9. The molecule has 114 valence electrons. The molecule has 0 aliphatic carbocycles. The van der Waals surface area contributed by atoms with Crippen molar-refractivity contribution < 1.29 is 4.74 Å². The number of hydrogen-bond acceptors (Lipinski definition) is 4. The predicted octanol–water partition coefficient (Wildman–Crippen LogP) is 2.69. The van der Waals surface area contributed by atoms with Crippen LogP contribution in [0.25, 0.3) is 0 Å². The van der Waals surface area contributed by atoms with E-state index in [4.69, 9.17) is 4.74 Å². The molecule has 0 saturated carbocycles. The van der Waals surface area contributed by atoms with Gasteiger partial charge in [0.25, 0.3) is 0 Å². The van der Waals surface area contributed by atoms with Crippen molar-refractivity contribution in [3.05, 3.63) is 24.0 Å². The van der Waals surface area contributed by atoms with E-state index in [1.165, 1.54) is 11.3 Å². The Balaban J connectivity index is 2.80. The summed E-state index contributed by atoms with van der Waals surface area (Å²) in [5.41, 5.74) is 2.50. The fraction of sp³-hybridized carbons (Fsp3) is 0.688. The summed E-state index contributed by atoms with van der Waals surface area (Å²) >= 11 is 0. The van der Waals surface area contributed by atoms with Crippen LogP contribution >= 0.6 is 0 Å². The molecule has 0 saturated heterocycles.